The van der Waals surface area contributed by atoms with E-state index in [0.29, 0.717) is 54.2 Å². The lowest BCUT2D eigenvalue weighted by atomic mass is 10.2. The molecule has 1 amide bonds. The van der Waals surface area contributed by atoms with E-state index in [9.17, 15) is 4.79 Å². The number of carbonyl (C=O) groups is 1. The quantitative estimate of drug-likeness (QED) is 0.211. The Morgan fingerprint density at radius 1 is 1.25 bits per heavy atom. The largest absolute Gasteiger partial charge is 0.493 e. The van der Waals surface area contributed by atoms with Crippen molar-refractivity contribution < 1.29 is 18.7 Å². The third-order valence-corrected chi connectivity index (χ3v) is 5.37. The molecule has 0 atom stereocenters. The third-order valence-electron chi connectivity index (χ3n) is 4.82. The molecular formula is C21H24N6O4S. The van der Waals surface area contributed by atoms with Crippen LogP contribution in [0.4, 0.5) is 5.82 Å². The predicted octanol–water partition coefficient (Wildman–Crippen LogP) is 2.79. The average Bonchev–Trinajstić information content (AvgIpc) is 3.43. The van der Waals surface area contributed by atoms with Gasteiger partial charge in [-0.05, 0) is 18.4 Å². The van der Waals surface area contributed by atoms with E-state index in [1.807, 2.05) is 18.4 Å². The summed E-state index contributed by atoms with van der Waals surface area (Å²) in [6.07, 6.45) is 3.64. The summed E-state index contributed by atoms with van der Waals surface area (Å²) in [5.74, 6) is 1.22. The molecule has 0 aliphatic carbocycles. The van der Waals surface area contributed by atoms with E-state index < -0.39 is 0 Å². The highest BCUT2D eigenvalue weighted by molar-refractivity contribution is 7.98. The second-order valence-electron chi connectivity index (χ2n) is 6.83. The van der Waals surface area contributed by atoms with Crippen LogP contribution in [0.1, 0.15) is 10.6 Å². The van der Waals surface area contributed by atoms with Crippen LogP contribution in [-0.4, -0.2) is 65.8 Å². The number of benzene rings is 1. The number of hydrogen-bond acceptors (Lipinski definition) is 9. The summed E-state index contributed by atoms with van der Waals surface area (Å²) >= 11 is 1.45. The predicted molar refractivity (Wildman–Crippen MR) is 123 cm³/mol. The van der Waals surface area contributed by atoms with Gasteiger partial charge in [-0.2, -0.15) is 5.10 Å². The number of nitrogens with zero attached hydrogens (tertiary/aromatic N) is 4. The fourth-order valence-corrected chi connectivity index (χ4v) is 3.63. The Labute approximate surface area is 188 Å². The van der Waals surface area contributed by atoms with Gasteiger partial charge in [-0.1, -0.05) is 23.9 Å². The summed E-state index contributed by atoms with van der Waals surface area (Å²) in [6, 6.07) is 7.21. The molecule has 2 N–H and O–H groups in total. The fourth-order valence-electron chi connectivity index (χ4n) is 3.27. The number of fused-ring (bicyclic) bond motifs is 2. The molecule has 11 heteroatoms. The van der Waals surface area contributed by atoms with Crippen molar-refractivity contribution in [2.45, 2.75) is 11.7 Å². The molecule has 4 rings (SSSR count). The number of rotatable bonds is 10. The Bertz CT molecular complexity index is 1240. The molecule has 10 nitrogen and oxygen atoms in total. The van der Waals surface area contributed by atoms with E-state index >= 15 is 0 Å². The minimum atomic E-state index is -0.305. The molecule has 0 saturated heterocycles. The summed E-state index contributed by atoms with van der Waals surface area (Å²) < 4.78 is 17.8. The van der Waals surface area contributed by atoms with Gasteiger partial charge in [0.05, 0.1) is 31.8 Å². The smallest absolute Gasteiger partial charge is 0.287 e. The molecule has 0 aliphatic rings. The molecule has 0 fully saturated rings. The van der Waals surface area contributed by atoms with Crippen molar-refractivity contribution in [3.05, 3.63) is 36.2 Å². The van der Waals surface area contributed by atoms with Crippen LogP contribution in [0.25, 0.3) is 22.0 Å². The van der Waals surface area contributed by atoms with Gasteiger partial charge in [0.15, 0.2) is 27.9 Å². The zero-order valence-corrected chi connectivity index (χ0v) is 18.9. The van der Waals surface area contributed by atoms with Crippen molar-refractivity contribution in [1.29, 1.82) is 0 Å². The van der Waals surface area contributed by atoms with Crippen LogP contribution in [0.5, 0.6) is 5.75 Å². The van der Waals surface area contributed by atoms with E-state index in [4.69, 9.17) is 13.9 Å². The standard InChI is InChI=1S/C21H24N6O4S/c1-29-10-8-22-18-14-12-24-27(19(14)26-21(25-18)32-3)9-7-23-20(28)16-11-13-5-4-6-15(30-2)17(13)31-16/h4-6,11-12H,7-10H2,1-3H3,(H,23,28)(H,22,25,26). The molecule has 0 unspecified atom stereocenters. The molecule has 1 aromatic carbocycles. The van der Waals surface area contributed by atoms with Gasteiger partial charge in [-0.15, -0.1) is 0 Å². The van der Waals surface area contributed by atoms with Gasteiger partial charge >= 0.3 is 0 Å². The first-order valence-electron chi connectivity index (χ1n) is 9.99. The Morgan fingerprint density at radius 2 is 2.12 bits per heavy atom. The number of hydrogen-bond donors (Lipinski definition) is 2. The summed E-state index contributed by atoms with van der Waals surface area (Å²) in [7, 11) is 3.22. The van der Waals surface area contributed by atoms with E-state index in [-0.39, 0.29) is 11.7 Å². The van der Waals surface area contributed by atoms with E-state index in [1.54, 1.807) is 37.2 Å². The third kappa shape index (κ3) is 4.48. The number of furan rings is 1. The number of thioether (sulfide) groups is 1. The van der Waals surface area contributed by atoms with Crippen LogP contribution in [0.3, 0.4) is 0 Å². The highest BCUT2D eigenvalue weighted by atomic mass is 32.2. The van der Waals surface area contributed by atoms with E-state index in [0.717, 1.165) is 10.8 Å². The van der Waals surface area contributed by atoms with Crippen LogP contribution >= 0.6 is 11.8 Å². The van der Waals surface area contributed by atoms with Gasteiger partial charge < -0.3 is 24.5 Å². The molecular weight excluding hydrogens is 432 g/mol. The molecule has 0 aliphatic heterocycles. The number of aromatic nitrogens is 4. The molecule has 0 radical (unpaired) electrons. The van der Waals surface area contributed by atoms with Crippen LogP contribution in [-0.2, 0) is 11.3 Å². The monoisotopic (exact) mass is 456 g/mol. The van der Waals surface area contributed by atoms with Gasteiger partial charge in [0, 0.05) is 25.6 Å². The van der Waals surface area contributed by atoms with Crippen LogP contribution in [0, 0.1) is 0 Å². The van der Waals surface area contributed by atoms with E-state index in [2.05, 4.69) is 25.7 Å². The Balaban J connectivity index is 1.46. The van der Waals surface area contributed by atoms with Crippen molar-refractivity contribution >= 4 is 45.5 Å². The van der Waals surface area contributed by atoms with Crippen molar-refractivity contribution in [3.63, 3.8) is 0 Å². The summed E-state index contributed by atoms with van der Waals surface area (Å²) in [5.41, 5.74) is 1.25. The van der Waals surface area contributed by atoms with Crippen molar-refractivity contribution in [1.82, 2.24) is 25.1 Å². The molecule has 3 aromatic heterocycles. The highest BCUT2D eigenvalue weighted by Crippen LogP contribution is 2.28. The molecule has 4 aromatic rings. The maximum Gasteiger partial charge on any atom is 0.287 e. The normalized spacial score (nSPS) is 11.2. The maximum absolute atomic E-state index is 12.6. The second-order valence-corrected chi connectivity index (χ2v) is 7.60. The first-order chi connectivity index (χ1) is 15.6. The number of anilines is 1. The Morgan fingerprint density at radius 3 is 2.91 bits per heavy atom. The number of nitrogens with one attached hydrogen (secondary N) is 2. The van der Waals surface area contributed by atoms with Crippen molar-refractivity contribution in [3.8, 4) is 5.75 Å². The maximum atomic E-state index is 12.6. The number of ether oxygens (including phenoxy) is 2. The van der Waals surface area contributed by atoms with E-state index in [1.165, 1.54) is 11.8 Å². The fraction of sp³-hybridized carbons (Fsp3) is 0.333. The summed E-state index contributed by atoms with van der Waals surface area (Å²) in [6.45, 7) is 1.99. The summed E-state index contributed by atoms with van der Waals surface area (Å²) in [4.78, 5) is 21.7. The van der Waals surface area contributed by atoms with Gasteiger partial charge in [0.2, 0.25) is 0 Å². The average molecular weight is 457 g/mol. The lowest BCUT2D eigenvalue weighted by molar-refractivity contribution is 0.0926. The Kier molecular flexibility index (Phi) is 6.76. The first kappa shape index (κ1) is 21.9. The number of carbonyl (C=O) groups excluding carboxylic acids is 1. The SMILES string of the molecule is COCCNc1nc(SC)nc2c1cnn2CCNC(=O)c1cc2cccc(OC)c2o1. The zero-order chi connectivity index (χ0) is 22.5. The number of methoxy groups -OCH3 is 2. The summed E-state index contributed by atoms with van der Waals surface area (Å²) in [5, 5.41) is 12.8. The molecule has 168 valence electrons. The van der Waals surface area contributed by atoms with Crippen LogP contribution < -0.4 is 15.4 Å². The molecule has 0 saturated carbocycles. The highest BCUT2D eigenvalue weighted by Gasteiger charge is 2.16. The number of para-hydroxylation sites is 1. The molecule has 0 spiro atoms. The molecule has 0 bridgehead atoms. The zero-order valence-electron chi connectivity index (χ0n) is 18.0. The van der Waals surface area contributed by atoms with Crippen molar-refractivity contribution in [2.75, 3.05) is 45.5 Å². The minimum absolute atomic E-state index is 0.228. The lowest BCUT2D eigenvalue weighted by Gasteiger charge is -2.09. The van der Waals surface area contributed by atoms with Gasteiger partial charge in [0.25, 0.3) is 5.91 Å². The first-order valence-corrected chi connectivity index (χ1v) is 11.2. The molecule has 3 heterocycles. The van der Waals surface area contributed by atoms with Gasteiger partial charge in [-0.25, -0.2) is 14.6 Å². The van der Waals surface area contributed by atoms with Gasteiger partial charge in [-0.3, -0.25) is 4.79 Å². The van der Waals surface area contributed by atoms with Gasteiger partial charge in [0.1, 0.15) is 5.82 Å². The molecule has 32 heavy (non-hydrogen) atoms. The Hall–Kier alpha value is -3.31. The lowest BCUT2D eigenvalue weighted by Crippen LogP contribution is -2.27. The topological polar surface area (TPSA) is 116 Å². The number of amides is 1. The minimum Gasteiger partial charge on any atom is -0.493 e. The van der Waals surface area contributed by atoms with Crippen LogP contribution in [0.15, 0.2) is 40.0 Å². The second kappa shape index (κ2) is 9.88. The van der Waals surface area contributed by atoms with Crippen molar-refractivity contribution in [2.24, 2.45) is 0 Å². The van der Waals surface area contributed by atoms with Crippen LogP contribution in [0.2, 0.25) is 0 Å².